The van der Waals surface area contributed by atoms with Crippen LogP contribution in [0.25, 0.3) is 0 Å². The van der Waals surface area contributed by atoms with Crippen molar-refractivity contribution in [2.75, 3.05) is 13.2 Å². The topological polar surface area (TPSA) is 58.6 Å². The molecule has 1 aliphatic carbocycles. The van der Waals surface area contributed by atoms with E-state index in [0.29, 0.717) is 17.6 Å². The van der Waals surface area contributed by atoms with Crippen LogP contribution in [0.2, 0.25) is 5.02 Å². The maximum Gasteiger partial charge on any atom is 0.167 e. The van der Waals surface area contributed by atoms with Gasteiger partial charge in [-0.05, 0) is 73.6 Å². The summed E-state index contributed by atoms with van der Waals surface area (Å²) >= 11 is 6.01. The normalized spacial score (nSPS) is 17.7. The highest BCUT2D eigenvalue weighted by molar-refractivity contribution is 6.30. The van der Waals surface area contributed by atoms with E-state index >= 15 is 0 Å². The van der Waals surface area contributed by atoms with Crippen LogP contribution >= 0.6 is 11.6 Å². The molecule has 144 valence electrons. The van der Waals surface area contributed by atoms with Crippen molar-refractivity contribution in [3.05, 3.63) is 64.2 Å². The lowest BCUT2D eigenvalue weighted by molar-refractivity contribution is -0.118. The lowest BCUT2D eigenvalue weighted by Crippen LogP contribution is -2.34. The molecule has 0 radical (unpaired) electrons. The van der Waals surface area contributed by atoms with Crippen molar-refractivity contribution >= 4 is 17.4 Å². The Morgan fingerprint density at radius 3 is 2.93 bits per heavy atom. The molecule has 1 unspecified atom stereocenters. The molecule has 0 fully saturated rings. The molecule has 2 atom stereocenters. The van der Waals surface area contributed by atoms with Gasteiger partial charge in [-0.15, -0.1) is 0 Å². The van der Waals surface area contributed by atoms with Gasteiger partial charge in [0.05, 0.1) is 6.10 Å². The molecule has 4 nitrogen and oxygen atoms in total. The summed E-state index contributed by atoms with van der Waals surface area (Å²) in [4.78, 5) is 11.1. The van der Waals surface area contributed by atoms with Crippen LogP contribution in [0, 0.1) is 0 Å². The van der Waals surface area contributed by atoms with E-state index in [9.17, 15) is 9.90 Å². The number of benzene rings is 2. The summed E-state index contributed by atoms with van der Waals surface area (Å²) in [5, 5.41) is 14.6. The molecule has 0 spiro atoms. The minimum absolute atomic E-state index is 0.0134. The number of hydrogen-bond acceptors (Lipinski definition) is 4. The first kappa shape index (κ1) is 19.9. The van der Waals surface area contributed by atoms with Gasteiger partial charge in [-0.3, -0.25) is 4.79 Å². The average molecular weight is 388 g/mol. The summed E-state index contributed by atoms with van der Waals surface area (Å²) in [7, 11) is 0. The Balaban J connectivity index is 1.61. The largest absolute Gasteiger partial charge is 0.486 e. The van der Waals surface area contributed by atoms with Crippen molar-refractivity contribution < 1.29 is 14.6 Å². The highest BCUT2D eigenvalue weighted by atomic mass is 35.5. The number of carbonyl (C=O) groups excluding carboxylic acids is 1. The fraction of sp³-hybridized carbons (Fsp3) is 0.409. The molecule has 0 heterocycles. The highest BCUT2D eigenvalue weighted by Gasteiger charge is 2.18. The van der Waals surface area contributed by atoms with E-state index in [-0.39, 0.29) is 12.4 Å². The van der Waals surface area contributed by atoms with Gasteiger partial charge in [0.15, 0.2) is 5.78 Å². The summed E-state index contributed by atoms with van der Waals surface area (Å²) in [5.41, 5.74) is 3.41. The van der Waals surface area contributed by atoms with E-state index in [4.69, 9.17) is 16.3 Å². The van der Waals surface area contributed by atoms with Gasteiger partial charge in [0.25, 0.3) is 0 Å². The predicted octanol–water partition coefficient (Wildman–Crippen LogP) is 3.88. The van der Waals surface area contributed by atoms with Crippen molar-refractivity contribution in [3.63, 3.8) is 0 Å². The van der Waals surface area contributed by atoms with Crippen LogP contribution in [0.15, 0.2) is 42.5 Å². The minimum Gasteiger partial charge on any atom is -0.486 e. The molecule has 0 saturated heterocycles. The van der Waals surface area contributed by atoms with Gasteiger partial charge in [0, 0.05) is 17.6 Å². The van der Waals surface area contributed by atoms with Gasteiger partial charge >= 0.3 is 0 Å². The first-order valence-corrected chi connectivity index (χ1v) is 9.80. The number of rotatable bonds is 7. The first-order chi connectivity index (χ1) is 13.0. The maximum atomic E-state index is 11.1. The number of hydrogen-bond donors (Lipinski definition) is 2. The van der Waals surface area contributed by atoms with Gasteiger partial charge in [-0.1, -0.05) is 29.8 Å². The molecule has 0 saturated carbocycles. The number of aliphatic hydroxyl groups is 1. The third kappa shape index (κ3) is 5.80. The molecule has 0 aliphatic heterocycles. The zero-order chi connectivity index (χ0) is 19.2. The molecule has 2 aromatic carbocycles. The SMILES string of the molecule is CC(=O)COc1ccc2c(c1)CC(NC[C@H](O)c1cccc(Cl)c1)CCC2. The maximum absolute atomic E-state index is 11.1. The number of Topliss-reactive ketones (excluding diaryl/α,β-unsaturated/α-hetero) is 1. The predicted molar refractivity (Wildman–Crippen MR) is 107 cm³/mol. The summed E-state index contributed by atoms with van der Waals surface area (Å²) in [6.45, 7) is 2.11. The van der Waals surface area contributed by atoms with Crippen LogP contribution in [0.4, 0.5) is 0 Å². The molecule has 0 amide bonds. The van der Waals surface area contributed by atoms with Crippen molar-refractivity contribution in [1.82, 2.24) is 5.32 Å². The van der Waals surface area contributed by atoms with Crippen molar-refractivity contribution in [1.29, 1.82) is 0 Å². The number of ether oxygens (including phenoxy) is 1. The van der Waals surface area contributed by atoms with Gasteiger partial charge in [-0.25, -0.2) is 0 Å². The Hall–Kier alpha value is -1.88. The van der Waals surface area contributed by atoms with E-state index in [0.717, 1.165) is 37.0 Å². The second kappa shape index (κ2) is 9.36. The molecule has 2 aromatic rings. The van der Waals surface area contributed by atoms with E-state index in [1.807, 2.05) is 24.3 Å². The van der Waals surface area contributed by atoms with Crippen LogP contribution in [0.5, 0.6) is 5.75 Å². The van der Waals surface area contributed by atoms with Crippen LogP contribution in [0.1, 0.15) is 42.6 Å². The summed E-state index contributed by atoms with van der Waals surface area (Å²) in [6.07, 6.45) is 3.50. The Morgan fingerprint density at radius 2 is 2.15 bits per heavy atom. The quantitative estimate of drug-likeness (QED) is 0.708. The van der Waals surface area contributed by atoms with E-state index in [1.54, 1.807) is 12.1 Å². The molecule has 27 heavy (non-hydrogen) atoms. The second-order valence-electron chi connectivity index (χ2n) is 7.19. The Kier molecular flexibility index (Phi) is 6.89. The number of carbonyl (C=O) groups is 1. The Bertz CT molecular complexity index is 793. The fourth-order valence-electron chi connectivity index (χ4n) is 3.50. The molecular formula is C22H26ClNO3. The lowest BCUT2D eigenvalue weighted by Gasteiger charge is -2.20. The molecular weight excluding hydrogens is 362 g/mol. The van der Waals surface area contributed by atoms with Gasteiger partial charge in [0.2, 0.25) is 0 Å². The molecule has 2 N–H and O–H groups in total. The van der Waals surface area contributed by atoms with Crippen LogP contribution < -0.4 is 10.1 Å². The summed E-state index contributed by atoms with van der Waals surface area (Å²) in [5.74, 6) is 0.753. The number of ketones is 1. The zero-order valence-corrected chi connectivity index (χ0v) is 16.3. The molecule has 0 aromatic heterocycles. The number of fused-ring (bicyclic) bond motifs is 1. The number of halogens is 1. The second-order valence-corrected chi connectivity index (χ2v) is 7.63. The highest BCUT2D eigenvalue weighted by Crippen LogP contribution is 2.26. The smallest absolute Gasteiger partial charge is 0.167 e. The van der Waals surface area contributed by atoms with Gasteiger partial charge < -0.3 is 15.2 Å². The van der Waals surface area contributed by atoms with Crippen LogP contribution in [-0.4, -0.2) is 30.1 Å². The summed E-state index contributed by atoms with van der Waals surface area (Å²) in [6, 6.07) is 13.7. The molecule has 3 rings (SSSR count). The number of aryl methyl sites for hydroxylation is 1. The molecule has 5 heteroatoms. The number of aliphatic hydroxyl groups excluding tert-OH is 1. The Labute approximate surface area is 165 Å². The average Bonchev–Trinajstić information content (AvgIpc) is 2.85. The third-order valence-electron chi connectivity index (χ3n) is 4.92. The Morgan fingerprint density at radius 1 is 1.30 bits per heavy atom. The van der Waals surface area contributed by atoms with Gasteiger partial charge in [-0.2, -0.15) is 0 Å². The monoisotopic (exact) mass is 387 g/mol. The van der Waals surface area contributed by atoms with E-state index < -0.39 is 6.10 Å². The third-order valence-corrected chi connectivity index (χ3v) is 5.15. The van der Waals surface area contributed by atoms with Crippen LogP contribution in [-0.2, 0) is 17.6 Å². The number of nitrogens with one attached hydrogen (secondary N) is 1. The minimum atomic E-state index is -0.586. The van der Waals surface area contributed by atoms with E-state index in [1.165, 1.54) is 18.1 Å². The first-order valence-electron chi connectivity index (χ1n) is 9.42. The molecule has 0 bridgehead atoms. The van der Waals surface area contributed by atoms with Crippen molar-refractivity contribution in [2.45, 2.75) is 44.8 Å². The van der Waals surface area contributed by atoms with E-state index in [2.05, 4.69) is 11.4 Å². The van der Waals surface area contributed by atoms with Crippen LogP contribution in [0.3, 0.4) is 0 Å². The standard InChI is InChI=1S/C22H26ClNO3/c1-15(25)14-27-21-9-8-16-4-3-7-20(11-18(16)12-21)24-13-22(26)17-5-2-6-19(23)10-17/h2,5-6,8-10,12,20,22,24,26H,3-4,7,11,13-14H2,1H3/t20?,22-/m0/s1. The van der Waals surface area contributed by atoms with Gasteiger partial charge in [0.1, 0.15) is 12.4 Å². The summed E-state index contributed by atoms with van der Waals surface area (Å²) < 4.78 is 5.55. The zero-order valence-electron chi connectivity index (χ0n) is 15.6. The molecule has 1 aliphatic rings. The van der Waals surface area contributed by atoms with Crippen molar-refractivity contribution in [2.24, 2.45) is 0 Å². The van der Waals surface area contributed by atoms with Crippen molar-refractivity contribution in [3.8, 4) is 5.75 Å². The fourth-order valence-corrected chi connectivity index (χ4v) is 3.70. The lowest BCUT2D eigenvalue weighted by atomic mass is 10.0.